The van der Waals surface area contributed by atoms with Crippen molar-refractivity contribution in [2.45, 2.75) is 24.8 Å². The van der Waals surface area contributed by atoms with Gasteiger partial charge in [-0.3, -0.25) is 4.79 Å². The molecule has 0 spiro atoms. The molecule has 1 aromatic carbocycles. The molecule has 1 unspecified atom stereocenters. The van der Waals surface area contributed by atoms with Gasteiger partial charge in [0.25, 0.3) is 5.91 Å². The third-order valence-corrected chi connectivity index (χ3v) is 3.54. The topological polar surface area (TPSA) is 38.3 Å². The highest BCUT2D eigenvalue weighted by atomic mass is 79.9. The molecule has 0 aliphatic heterocycles. The van der Waals surface area contributed by atoms with Crippen LogP contribution in [0.5, 0.6) is 0 Å². The van der Waals surface area contributed by atoms with Crippen LogP contribution in [0.3, 0.4) is 0 Å². The number of methoxy groups -OCH3 is 1. The average Bonchev–Trinajstić information content (AvgIpc) is 2.27. The molecule has 100 valence electrons. The first-order valence-electron chi connectivity index (χ1n) is 5.74. The third-order valence-electron chi connectivity index (χ3n) is 2.67. The minimum absolute atomic E-state index is 0.00104. The molecule has 0 saturated carbocycles. The summed E-state index contributed by atoms with van der Waals surface area (Å²) in [4.78, 5) is 12.8. The molecule has 0 aromatic heterocycles. The van der Waals surface area contributed by atoms with Gasteiger partial charge >= 0.3 is 0 Å². The van der Waals surface area contributed by atoms with E-state index in [9.17, 15) is 4.79 Å². The highest BCUT2D eigenvalue weighted by Crippen LogP contribution is 2.20. The molecule has 0 aliphatic carbocycles. The van der Waals surface area contributed by atoms with Crippen LogP contribution in [0.15, 0.2) is 27.6 Å². The maximum atomic E-state index is 12.1. The van der Waals surface area contributed by atoms with Crippen LogP contribution in [0.25, 0.3) is 0 Å². The van der Waals surface area contributed by atoms with Gasteiger partial charge in [-0.2, -0.15) is 0 Å². The maximum absolute atomic E-state index is 12.1. The molecular weight excluding hydrogens is 314 g/mol. The molecule has 0 bridgehead atoms. The van der Waals surface area contributed by atoms with Crippen LogP contribution in [0.4, 0.5) is 0 Å². The molecule has 5 heteroatoms. The molecule has 0 aliphatic rings. The smallest absolute Gasteiger partial charge is 0.252 e. The van der Waals surface area contributed by atoms with Gasteiger partial charge in [-0.25, -0.2) is 0 Å². The number of carbonyl (C=O) groups is 1. The Morgan fingerprint density at radius 1 is 1.50 bits per heavy atom. The van der Waals surface area contributed by atoms with E-state index in [1.807, 2.05) is 19.9 Å². The first-order chi connectivity index (χ1) is 8.45. The number of carbonyl (C=O) groups excluding carboxylic acids is 1. The van der Waals surface area contributed by atoms with Gasteiger partial charge in [-0.05, 0) is 24.1 Å². The Labute approximate surface area is 122 Å². The number of amides is 1. The monoisotopic (exact) mass is 331 g/mol. The predicted molar refractivity (Wildman–Crippen MR) is 79.4 cm³/mol. The van der Waals surface area contributed by atoms with Gasteiger partial charge in [0.15, 0.2) is 0 Å². The molecule has 1 N–H and O–H groups in total. The molecule has 3 nitrogen and oxygen atoms in total. The number of hydrogen-bond acceptors (Lipinski definition) is 3. The number of ether oxygens (including phenoxy) is 1. The molecule has 0 saturated heterocycles. The Hall–Kier alpha value is -0.520. The highest BCUT2D eigenvalue weighted by Gasteiger charge is 2.18. The van der Waals surface area contributed by atoms with Crippen molar-refractivity contribution in [2.24, 2.45) is 5.92 Å². The lowest BCUT2D eigenvalue weighted by Crippen LogP contribution is -2.41. The van der Waals surface area contributed by atoms with Gasteiger partial charge in [0.1, 0.15) is 0 Å². The molecule has 0 heterocycles. The second-order valence-corrected chi connectivity index (χ2v) is 5.84. The van der Waals surface area contributed by atoms with Gasteiger partial charge in [-0.1, -0.05) is 29.8 Å². The number of halogens is 1. The molecular formula is C13H18BrNO2S. The van der Waals surface area contributed by atoms with Gasteiger partial charge < -0.3 is 10.1 Å². The summed E-state index contributed by atoms with van der Waals surface area (Å²) in [6, 6.07) is 5.39. The van der Waals surface area contributed by atoms with Gasteiger partial charge in [0.05, 0.1) is 18.2 Å². The van der Waals surface area contributed by atoms with Crippen LogP contribution in [0.2, 0.25) is 0 Å². The van der Waals surface area contributed by atoms with Gasteiger partial charge in [0.2, 0.25) is 0 Å². The standard InChI is InChI=1S/C13H18BrNO2S/c1-8(2)11(7-17-3)15-13(16)10-5-4-9(14)6-12(10)18/h4-6,8,11,18H,7H2,1-3H3,(H,15,16). The summed E-state index contributed by atoms with van der Waals surface area (Å²) >= 11 is 7.65. The van der Waals surface area contributed by atoms with Gasteiger partial charge in [0, 0.05) is 16.5 Å². The first-order valence-corrected chi connectivity index (χ1v) is 6.98. The fraction of sp³-hybridized carbons (Fsp3) is 0.462. The molecule has 0 fully saturated rings. The van der Waals surface area contributed by atoms with E-state index >= 15 is 0 Å². The van der Waals surface area contributed by atoms with E-state index < -0.39 is 0 Å². The fourth-order valence-corrected chi connectivity index (χ4v) is 2.38. The summed E-state index contributed by atoms with van der Waals surface area (Å²) < 4.78 is 6.01. The normalized spacial score (nSPS) is 12.6. The maximum Gasteiger partial charge on any atom is 0.252 e. The molecule has 1 rings (SSSR count). The van der Waals surface area contributed by atoms with E-state index in [4.69, 9.17) is 4.74 Å². The van der Waals surface area contributed by atoms with E-state index in [-0.39, 0.29) is 11.9 Å². The number of benzene rings is 1. The third kappa shape index (κ3) is 4.30. The average molecular weight is 332 g/mol. The second-order valence-electron chi connectivity index (χ2n) is 4.44. The Bertz CT molecular complexity index is 423. The van der Waals surface area contributed by atoms with Crippen LogP contribution in [0, 0.1) is 5.92 Å². The van der Waals surface area contributed by atoms with Crippen LogP contribution >= 0.6 is 28.6 Å². The van der Waals surface area contributed by atoms with Crippen LogP contribution in [0.1, 0.15) is 24.2 Å². The fourth-order valence-electron chi connectivity index (χ4n) is 1.52. The van der Waals surface area contributed by atoms with Crippen LogP contribution < -0.4 is 5.32 Å². The summed E-state index contributed by atoms with van der Waals surface area (Å²) in [6.45, 7) is 4.60. The molecule has 0 radical (unpaired) electrons. The SMILES string of the molecule is COCC(NC(=O)c1ccc(Br)cc1S)C(C)C. The van der Waals surface area contributed by atoms with E-state index in [0.29, 0.717) is 23.0 Å². The van der Waals surface area contributed by atoms with Crippen LogP contribution in [-0.4, -0.2) is 25.7 Å². The Kier molecular flexibility index (Phi) is 6.18. The zero-order valence-electron chi connectivity index (χ0n) is 10.7. The minimum Gasteiger partial charge on any atom is -0.383 e. The van der Waals surface area contributed by atoms with Gasteiger partial charge in [-0.15, -0.1) is 12.6 Å². The predicted octanol–water partition coefficient (Wildman–Crippen LogP) is 3.14. The molecule has 1 atom stereocenters. The highest BCUT2D eigenvalue weighted by molar-refractivity contribution is 9.10. The zero-order chi connectivity index (χ0) is 13.7. The summed E-state index contributed by atoms with van der Waals surface area (Å²) in [5.41, 5.74) is 0.572. The Morgan fingerprint density at radius 2 is 2.17 bits per heavy atom. The zero-order valence-corrected chi connectivity index (χ0v) is 13.2. The summed E-state index contributed by atoms with van der Waals surface area (Å²) in [5, 5.41) is 2.97. The number of nitrogens with one attached hydrogen (secondary N) is 1. The number of hydrogen-bond donors (Lipinski definition) is 2. The Balaban J connectivity index is 2.80. The summed E-state index contributed by atoms with van der Waals surface area (Å²) in [6.07, 6.45) is 0. The molecule has 1 amide bonds. The largest absolute Gasteiger partial charge is 0.383 e. The van der Waals surface area contributed by atoms with E-state index in [2.05, 4.69) is 33.9 Å². The van der Waals surface area contributed by atoms with Crippen molar-refractivity contribution < 1.29 is 9.53 Å². The van der Waals surface area contributed by atoms with Crippen molar-refractivity contribution in [1.82, 2.24) is 5.32 Å². The minimum atomic E-state index is -0.122. The first kappa shape index (κ1) is 15.5. The van der Waals surface area contributed by atoms with Crippen molar-refractivity contribution in [3.63, 3.8) is 0 Å². The summed E-state index contributed by atoms with van der Waals surface area (Å²) in [7, 11) is 1.63. The van der Waals surface area contributed by atoms with Crippen molar-refractivity contribution in [3.05, 3.63) is 28.2 Å². The van der Waals surface area contributed by atoms with E-state index in [1.54, 1.807) is 19.2 Å². The van der Waals surface area contributed by atoms with Crippen molar-refractivity contribution >= 4 is 34.5 Å². The second kappa shape index (κ2) is 7.16. The van der Waals surface area contributed by atoms with Crippen molar-refractivity contribution in [3.8, 4) is 0 Å². The van der Waals surface area contributed by atoms with Crippen molar-refractivity contribution in [2.75, 3.05) is 13.7 Å². The Morgan fingerprint density at radius 3 is 2.67 bits per heavy atom. The molecule has 1 aromatic rings. The number of thiol groups is 1. The summed E-state index contributed by atoms with van der Waals surface area (Å²) in [5.74, 6) is 0.191. The lowest BCUT2D eigenvalue weighted by molar-refractivity contribution is 0.0864. The number of rotatable bonds is 5. The van der Waals surface area contributed by atoms with Crippen LogP contribution in [-0.2, 0) is 4.74 Å². The lowest BCUT2D eigenvalue weighted by atomic mass is 10.0. The molecule has 18 heavy (non-hydrogen) atoms. The van der Waals surface area contributed by atoms with Crippen molar-refractivity contribution in [1.29, 1.82) is 0 Å². The van der Waals surface area contributed by atoms with E-state index in [0.717, 1.165) is 4.47 Å². The quantitative estimate of drug-likeness (QED) is 0.813. The lowest BCUT2D eigenvalue weighted by Gasteiger charge is -2.21. The van der Waals surface area contributed by atoms with E-state index in [1.165, 1.54) is 0 Å².